The third kappa shape index (κ3) is 4.96. The maximum atomic E-state index is 13.7. The van der Waals surface area contributed by atoms with Gasteiger partial charge in [0.05, 0.1) is 22.0 Å². The number of benzene rings is 2. The zero-order valence-corrected chi connectivity index (χ0v) is 17.8. The Morgan fingerprint density at radius 2 is 1.94 bits per heavy atom. The van der Waals surface area contributed by atoms with Gasteiger partial charge in [0.2, 0.25) is 5.13 Å². The van der Waals surface area contributed by atoms with Crippen LogP contribution >= 0.6 is 11.3 Å². The van der Waals surface area contributed by atoms with Crippen molar-refractivity contribution in [3.8, 4) is 5.13 Å². The topological polar surface area (TPSA) is 51.0 Å². The van der Waals surface area contributed by atoms with E-state index < -0.39 is 18.4 Å². The molecule has 4 rings (SSSR count). The lowest BCUT2D eigenvalue weighted by atomic mass is 10.0. The molecule has 0 unspecified atom stereocenters. The molecule has 32 heavy (non-hydrogen) atoms. The highest BCUT2D eigenvalue weighted by atomic mass is 32.1. The summed E-state index contributed by atoms with van der Waals surface area (Å²) in [5, 5.41) is 4.82. The van der Waals surface area contributed by atoms with Gasteiger partial charge < -0.3 is 4.90 Å². The SMILES string of the molecule is CN(Cc1cc(F)ccc1CCC(F)(F)F)C(=O)c1cnn(-c2nc3ccccc3s2)c1. The predicted molar refractivity (Wildman–Crippen MR) is 113 cm³/mol. The fourth-order valence-electron chi connectivity index (χ4n) is 3.31. The summed E-state index contributed by atoms with van der Waals surface area (Å²) in [4.78, 5) is 18.7. The first kappa shape index (κ1) is 21.9. The van der Waals surface area contributed by atoms with Crippen molar-refractivity contribution in [3.05, 3.63) is 77.4 Å². The van der Waals surface area contributed by atoms with Crippen LogP contribution in [0.4, 0.5) is 17.6 Å². The smallest absolute Gasteiger partial charge is 0.337 e. The van der Waals surface area contributed by atoms with E-state index in [0.29, 0.717) is 21.8 Å². The van der Waals surface area contributed by atoms with Gasteiger partial charge in [0.25, 0.3) is 5.91 Å². The molecule has 0 aliphatic heterocycles. The van der Waals surface area contributed by atoms with Crippen molar-refractivity contribution < 1.29 is 22.4 Å². The minimum atomic E-state index is -4.32. The summed E-state index contributed by atoms with van der Waals surface area (Å²) >= 11 is 1.43. The molecule has 5 nitrogen and oxygen atoms in total. The van der Waals surface area contributed by atoms with Crippen LogP contribution in [0, 0.1) is 5.82 Å². The molecule has 0 fully saturated rings. The first-order valence-electron chi connectivity index (χ1n) is 9.70. The van der Waals surface area contributed by atoms with Crippen LogP contribution in [0.5, 0.6) is 0 Å². The highest BCUT2D eigenvalue weighted by Gasteiger charge is 2.27. The summed E-state index contributed by atoms with van der Waals surface area (Å²) in [6.45, 7) is -0.0316. The summed E-state index contributed by atoms with van der Waals surface area (Å²) in [5.41, 5.74) is 1.81. The van der Waals surface area contributed by atoms with Gasteiger partial charge in [-0.25, -0.2) is 14.1 Å². The lowest BCUT2D eigenvalue weighted by molar-refractivity contribution is -0.134. The number of nitrogens with zero attached hydrogens (tertiary/aromatic N) is 4. The summed E-state index contributed by atoms with van der Waals surface area (Å²) in [7, 11) is 1.51. The van der Waals surface area contributed by atoms with E-state index in [1.165, 1.54) is 46.3 Å². The highest BCUT2D eigenvalue weighted by Crippen LogP contribution is 2.26. The summed E-state index contributed by atoms with van der Waals surface area (Å²) in [6, 6.07) is 11.2. The molecular weight excluding hydrogens is 444 g/mol. The first-order valence-corrected chi connectivity index (χ1v) is 10.5. The Balaban J connectivity index is 1.50. The Morgan fingerprint density at radius 3 is 2.69 bits per heavy atom. The van der Waals surface area contributed by atoms with Gasteiger partial charge in [-0.2, -0.15) is 18.3 Å². The van der Waals surface area contributed by atoms with Crippen molar-refractivity contribution in [3.63, 3.8) is 0 Å². The average molecular weight is 462 g/mol. The zero-order chi connectivity index (χ0) is 22.9. The van der Waals surface area contributed by atoms with Crippen molar-refractivity contribution in [2.75, 3.05) is 7.05 Å². The summed E-state index contributed by atoms with van der Waals surface area (Å²) < 4.78 is 54.1. The van der Waals surface area contributed by atoms with Gasteiger partial charge in [0.15, 0.2) is 0 Å². The van der Waals surface area contributed by atoms with Gasteiger partial charge in [0, 0.05) is 26.2 Å². The number of carbonyl (C=O) groups is 1. The first-order chi connectivity index (χ1) is 15.2. The molecule has 0 spiro atoms. The third-order valence-corrected chi connectivity index (χ3v) is 5.93. The molecule has 0 radical (unpaired) electrons. The van der Waals surface area contributed by atoms with Crippen LogP contribution in [-0.2, 0) is 13.0 Å². The van der Waals surface area contributed by atoms with Crippen LogP contribution in [0.15, 0.2) is 54.9 Å². The van der Waals surface area contributed by atoms with Crippen LogP contribution in [0.1, 0.15) is 27.9 Å². The molecule has 2 aromatic heterocycles. The molecule has 0 atom stereocenters. The quantitative estimate of drug-likeness (QED) is 0.361. The van der Waals surface area contributed by atoms with E-state index in [4.69, 9.17) is 0 Å². The van der Waals surface area contributed by atoms with E-state index in [2.05, 4.69) is 10.1 Å². The monoisotopic (exact) mass is 462 g/mol. The molecule has 0 saturated heterocycles. The Labute approximate surface area is 184 Å². The van der Waals surface area contributed by atoms with E-state index in [-0.39, 0.29) is 18.9 Å². The Hall–Kier alpha value is -3.27. The van der Waals surface area contributed by atoms with E-state index in [0.717, 1.165) is 16.3 Å². The maximum Gasteiger partial charge on any atom is 0.389 e. The van der Waals surface area contributed by atoms with Crippen LogP contribution < -0.4 is 0 Å². The normalized spacial score (nSPS) is 11.8. The van der Waals surface area contributed by atoms with E-state index >= 15 is 0 Å². The second kappa shape index (κ2) is 8.70. The molecular formula is C22H18F4N4OS. The molecule has 166 valence electrons. The van der Waals surface area contributed by atoms with Gasteiger partial charge in [-0.05, 0) is 41.8 Å². The number of aryl methyl sites for hydroxylation is 1. The molecule has 1 amide bonds. The van der Waals surface area contributed by atoms with E-state index in [1.54, 1.807) is 6.20 Å². The van der Waals surface area contributed by atoms with Crippen molar-refractivity contribution in [2.24, 2.45) is 0 Å². The minimum Gasteiger partial charge on any atom is -0.337 e. The Kier molecular flexibility index (Phi) is 5.96. The molecule has 2 aromatic carbocycles. The lowest BCUT2D eigenvalue weighted by Gasteiger charge is -2.19. The molecule has 0 aliphatic carbocycles. The molecule has 2 heterocycles. The highest BCUT2D eigenvalue weighted by molar-refractivity contribution is 7.20. The van der Waals surface area contributed by atoms with Crippen molar-refractivity contribution in [2.45, 2.75) is 25.6 Å². The standard InChI is InChI=1S/C22H18F4N4OS/c1-29(12-15-10-17(23)7-6-14(15)8-9-22(24,25)26)20(31)16-11-27-30(13-16)21-28-18-4-2-3-5-19(18)32-21/h2-7,10-11,13H,8-9,12H2,1H3. The number of hydrogen-bond acceptors (Lipinski definition) is 4. The second-order valence-electron chi connectivity index (χ2n) is 7.33. The van der Waals surface area contributed by atoms with Gasteiger partial charge in [-0.1, -0.05) is 29.5 Å². The molecule has 10 heteroatoms. The number of alkyl halides is 3. The van der Waals surface area contributed by atoms with Gasteiger partial charge in [-0.15, -0.1) is 0 Å². The number of para-hydroxylation sites is 1. The molecule has 4 aromatic rings. The third-order valence-electron chi connectivity index (χ3n) is 4.91. The maximum absolute atomic E-state index is 13.7. The van der Waals surface area contributed by atoms with Crippen molar-refractivity contribution in [1.82, 2.24) is 19.7 Å². The van der Waals surface area contributed by atoms with Crippen LogP contribution in [0.25, 0.3) is 15.3 Å². The summed E-state index contributed by atoms with van der Waals surface area (Å²) in [5.74, 6) is -0.955. The second-order valence-corrected chi connectivity index (χ2v) is 8.34. The molecule has 0 saturated carbocycles. The van der Waals surface area contributed by atoms with Crippen molar-refractivity contribution >= 4 is 27.5 Å². The number of halogens is 4. The molecule has 0 bridgehead atoms. The number of fused-ring (bicyclic) bond motifs is 1. The average Bonchev–Trinajstić information content (AvgIpc) is 3.39. The van der Waals surface area contributed by atoms with Crippen molar-refractivity contribution in [1.29, 1.82) is 0 Å². The predicted octanol–water partition coefficient (Wildman–Crippen LogP) is 5.39. The largest absolute Gasteiger partial charge is 0.389 e. The van der Waals surface area contributed by atoms with Crippen LogP contribution in [-0.4, -0.2) is 38.8 Å². The van der Waals surface area contributed by atoms with Crippen LogP contribution in [0.3, 0.4) is 0 Å². The molecule has 0 aliphatic rings. The number of carbonyl (C=O) groups excluding carboxylic acids is 1. The minimum absolute atomic E-state index is 0.0316. The van der Waals surface area contributed by atoms with Gasteiger partial charge in [0.1, 0.15) is 5.82 Å². The Morgan fingerprint density at radius 1 is 1.16 bits per heavy atom. The Bertz CT molecular complexity index is 1230. The number of rotatable bonds is 6. The van der Waals surface area contributed by atoms with Gasteiger partial charge in [-0.3, -0.25) is 4.79 Å². The summed E-state index contributed by atoms with van der Waals surface area (Å²) in [6.07, 6.45) is -2.66. The fraction of sp³-hybridized carbons (Fsp3) is 0.227. The van der Waals surface area contributed by atoms with Gasteiger partial charge >= 0.3 is 6.18 Å². The lowest BCUT2D eigenvalue weighted by Crippen LogP contribution is -2.26. The number of aromatic nitrogens is 3. The zero-order valence-electron chi connectivity index (χ0n) is 16.9. The van der Waals surface area contributed by atoms with E-state index in [1.807, 2.05) is 24.3 Å². The fourth-order valence-corrected chi connectivity index (χ4v) is 4.20. The number of amides is 1. The van der Waals surface area contributed by atoms with E-state index in [9.17, 15) is 22.4 Å². The molecule has 0 N–H and O–H groups in total. The number of hydrogen-bond donors (Lipinski definition) is 0. The number of thiazole rings is 1. The van der Waals surface area contributed by atoms with Crippen LogP contribution in [0.2, 0.25) is 0 Å².